The third kappa shape index (κ3) is 5.16. The van der Waals surface area contributed by atoms with Crippen molar-refractivity contribution in [2.24, 2.45) is 11.8 Å². The molecule has 222 valence electrons. The van der Waals surface area contributed by atoms with E-state index in [2.05, 4.69) is 20.1 Å². The number of unbranched alkanes of at least 4 members (excludes halogenated alkanes) is 1. The zero-order chi connectivity index (χ0) is 29.2. The van der Waals surface area contributed by atoms with Crippen molar-refractivity contribution in [3.63, 3.8) is 0 Å². The quantitative estimate of drug-likeness (QED) is 0.284. The fourth-order valence-corrected chi connectivity index (χ4v) is 10.4. The minimum absolute atomic E-state index is 0.00695. The van der Waals surface area contributed by atoms with Crippen molar-refractivity contribution in [3.8, 4) is 0 Å². The highest BCUT2D eigenvalue weighted by Gasteiger charge is 2.77. The lowest BCUT2D eigenvalue weighted by atomic mass is 9.66. The van der Waals surface area contributed by atoms with Crippen LogP contribution >= 0.6 is 11.8 Å². The molecule has 5 atom stereocenters. The van der Waals surface area contributed by atoms with Crippen molar-refractivity contribution < 1.29 is 19.5 Å². The smallest absolute Gasteiger partial charge is 0.247 e. The Labute approximate surface area is 249 Å². The van der Waals surface area contributed by atoms with Crippen LogP contribution in [0.1, 0.15) is 64.7 Å². The molecule has 3 amide bonds. The van der Waals surface area contributed by atoms with Gasteiger partial charge in [-0.25, -0.2) is 0 Å². The lowest BCUT2D eigenvalue weighted by Crippen LogP contribution is -2.57. The van der Waals surface area contributed by atoms with E-state index in [9.17, 15) is 19.5 Å². The Morgan fingerprint density at radius 2 is 1.76 bits per heavy atom. The van der Waals surface area contributed by atoms with E-state index in [-0.39, 0.29) is 30.4 Å². The molecular formula is C33H45N3O4S. The van der Waals surface area contributed by atoms with Crippen LogP contribution in [0.2, 0.25) is 0 Å². The summed E-state index contributed by atoms with van der Waals surface area (Å²) in [6.07, 6.45) is 11.6. The molecule has 0 radical (unpaired) electrons. The normalized spacial score (nSPS) is 30.7. The van der Waals surface area contributed by atoms with Crippen LogP contribution in [0.4, 0.5) is 5.69 Å². The number of nitrogens with zero attached hydrogens (tertiary/aromatic N) is 3. The molecular weight excluding hydrogens is 534 g/mol. The van der Waals surface area contributed by atoms with Crippen LogP contribution in [0.5, 0.6) is 0 Å². The van der Waals surface area contributed by atoms with Gasteiger partial charge in [0.25, 0.3) is 0 Å². The summed E-state index contributed by atoms with van der Waals surface area (Å²) in [6.45, 7) is 11.2. The first kappa shape index (κ1) is 29.9. The number of amides is 3. The molecule has 41 heavy (non-hydrogen) atoms. The molecule has 4 fully saturated rings. The van der Waals surface area contributed by atoms with E-state index >= 15 is 0 Å². The minimum Gasteiger partial charge on any atom is -0.396 e. The predicted octanol–water partition coefficient (Wildman–Crippen LogP) is 4.81. The van der Waals surface area contributed by atoms with Gasteiger partial charge in [-0.05, 0) is 57.6 Å². The Morgan fingerprint density at radius 1 is 1.05 bits per heavy atom. The van der Waals surface area contributed by atoms with E-state index in [4.69, 9.17) is 0 Å². The third-order valence-electron chi connectivity index (χ3n) is 9.85. The number of benzene rings is 1. The van der Waals surface area contributed by atoms with Gasteiger partial charge in [0, 0.05) is 42.7 Å². The van der Waals surface area contributed by atoms with Gasteiger partial charge in [0.2, 0.25) is 17.7 Å². The number of para-hydroxylation sites is 1. The summed E-state index contributed by atoms with van der Waals surface area (Å²) in [7, 11) is 0. The molecule has 1 aliphatic carbocycles. The van der Waals surface area contributed by atoms with Crippen molar-refractivity contribution in [2.45, 2.75) is 86.3 Å². The van der Waals surface area contributed by atoms with Crippen LogP contribution < -0.4 is 4.90 Å². The summed E-state index contributed by atoms with van der Waals surface area (Å²) in [5.41, 5.74) is 0.787. The van der Waals surface area contributed by atoms with Gasteiger partial charge in [0.1, 0.15) is 6.04 Å². The predicted molar refractivity (Wildman–Crippen MR) is 165 cm³/mol. The molecule has 3 aliphatic heterocycles. The SMILES string of the molecule is C=CCN(C(=O)[C@H]1[C@H]2C(=O)N(CCCCO)C(C(=O)N(CC=C)C3CCCCC3)C23CC[C@]1(C)S3)c1ccccc1. The number of anilines is 1. The number of hydrogen-bond donors (Lipinski definition) is 1. The van der Waals surface area contributed by atoms with Crippen LogP contribution in [0, 0.1) is 11.8 Å². The van der Waals surface area contributed by atoms with Gasteiger partial charge in [-0.15, -0.1) is 24.9 Å². The van der Waals surface area contributed by atoms with Crippen LogP contribution in [0.25, 0.3) is 0 Å². The summed E-state index contributed by atoms with van der Waals surface area (Å²) < 4.78 is -1.08. The Kier molecular flexibility index (Phi) is 9.00. The highest BCUT2D eigenvalue weighted by atomic mass is 32.2. The lowest BCUT2D eigenvalue weighted by molar-refractivity contribution is -0.144. The molecule has 1 saturated carbocycles. The maximum Gasteiger partial charge on any atom is 0.247 e. The molecule has 1 aromatic carbocycles. The molecule has 3 heterocycles. The Bertz CT molecular complexity index is 1150. The van der Waals surface area contributed by atoms with E-state index < -0.39 is 27.4 Å². The summed E-state index contributed by atoms with van der Waals surface area (Å²) >= 11 is 1.73. The van der Waals surface area contributed by atoms with Crippen LogP contribution in [-0.4, -0.2) is 80.4 Å². The van der Waals surface area contributed by atoms with Crippen molar-refractivity contribution in [1.29, 1.82) is 0 Å². The number of fused-ring (bicyclic) bond motifs is 1. The van der Waals surface area contributed by atoms with Gasteiger partial charge in [-0.2, -0.15) is 0 Å². The largest absolute Gasteiger partial charge is 0.396 e. The second-order valence-corrected chi connectivity index (χ2v) is 14.2. The standard InChI is InChI=1S/C33H45N3O4S/c1-4-20-34(24-14-8-6-9-15-24)29(38)26-27-30(39)36(22-12-13-23-37)28(33(27)19-18-32(26,3)41-33)31(40)35(21-5-2)25-16-10-7-11-17-25/h4-6,8-9,14-15,25-28,37H,1-2,7,10-13,16-23H2,3H3/t26-,27+,28?,32+,33?/m1/s1. The Hall–Kier alpha value is -2.58. The lowest BCUT2D eigenvalue weighted by Gasteiger charge is -2.41. The van der Waals surface area contributed by atoms with Crippen LogP contribution in [-0.2, 0) is 14.4 Å². The molecule has 1 N–H and O–H groups in total. The number of likely N-dealkylation sites (tertiary alicyclic amines) is 1. The highest BCUT2D eigenvalue weighted by molar-refractivity contribution is 8.02. The van der Waals surface area contributed by atoms with E-state index in [0.29, 0.717) is 32.5 Å². The second kappa shape index (κ2) is 12.3. The maximum absolute atomic E-state index is 14.7. The molecule has 1 spiro atoms. The maximum atomic E-state index is 14.7. The Morgan fingerprint density at radius 3 is 2.41 bits per heavy atom. The van der Waals surface area contributed by atoms with Crippen LogP contribution in [0.15, 0.2) is 55.6 Å². The van der Waals surface area contributed by atoms with Gasteiger partial charge in [-0.1, -0.05) is 49.6 Å². The number of thioether (sulfide) groups is 1. The number of hydrogen-bond acceptors (Lipinski definition) is 5. The van der Waals surface area contributed by atoms with Gasteiger partial charge >= 0.3 is 0 Å². The second-order valence-electron chi connectivity index (χ2n) is 12.3. The third-order valence-corrected chi connectivity index (χ3v) is 11.8. The fraction of sp³-hybridized carbons (Fsp3) is 0.606. The summed E-state index contributed by atoms with van der Waals surface area (Å²) in [4.78, 5) is 49.2. The van der Waals surface area contributed by atoms with E-state index in [0.717, 1.165) is 44.2 Å². The minimum atomic E-state index is -0.646. The van der Waals surface area contributed by atoms with Crippen molar-refractivity contribution in [1.82, 2.24) is 9.80 Å². The van der Waals surface area contributed by atoms with E-state index in [1.165, 1.54) is 6.42 Å². The van der Waals surface area contributed by atoms with Crippen molar-refractivity contribution in [3.05, 3.63) is 55.6 Å². The summed E-state index contributed by atoms with van der Waals surface area (Å²) in [5.74, 6) is -1.23. The fourth-order valence-electron chi connectivity index (χ4n) is 8.05. The zero-order valence-electron chi connectivity index (χ0n) is 24.4. The van der Waals surface area contributed by atoms with Gasteiger partial charge < -0.3 is 19.8 Å². The molecule has 4 aliphatic rings. The summed E-state index contributed by atoms with van der Waals surface area (Å²) in [6, 6.07) is 9.12. The number of aliphatic hydroxyl groups is 1. The molecule has 7 nitrogen and oxygen atoms in total. The van der Waals surface area contributed by atoms with Crippen LogP contribution in [0.3, 0.4) is 0 Å². The molecule has 0 aromatic heterocycles. The molecule has 2 bridgehead atoms. The van der Waals surface area contributed by atoms with E-state index in [1.54, 1.807) is 33.7 Å². The Balaban J connectivity index is 1.54. The molecule has 5 rings (SSSR count). The molecule has 1 aromatic rings. The first-order valence-corrected chi connectivity index (χ1v) is 16.1. The monoisotopic (exact) mass is 579 g/mol. The zero-order valence-corrected chi connectivity index (χ0v) is 25.2. The number of aliphatic hydroxyl groups excluding tert-OH is 1. The van der Waals surface area contributed by atoms with Gasteiger partial charge in [0.15, 0.2) is 0 Å². The molecule has 2 unspecified atom stereocenters. The van der Waals surface area contributed by atoms with Crippen molar-refractivity contribution in [2.75, 3.05) is 31.1 Å². The van der Waals surface area contributed by atoms with E-state index in [1.807, 2.05) is 35.2 Å². The van der Waals surface area contributed by atoms with Crippen molar-refractivity contribution >= 4 is 35.2 Å². The molecule has 8 heteroatoms. The van der Waals surface area contributed by atoms with Gasteiger partial charge in [-0.3, -0.25) is 14.4 Å². The number of rotatable bonds is 12. The number of carbonyl (C=O) groups is 3. The number of carbonyl (C=O) groups excluding carboxylic acids is 3. The first-order valence-electron chi connectivity index (χ1n) is 15.3. The topological polar surface area (TPSA) is 81.2 Å². The summed E-state index contributed by atoms with van der Waals surface area (Å²) in [5, 5.41) is 9.49. The highest BCUT2D eigenvalue weighted by Crippen LogP contribution is 2.71. The van der Waals surface area contributed by atoms with Gasteiger partial charge in [0.05, 0.1) is 16.6 Å². The average Bonchev–Trinajstić information content (AvgIpc) is 3.55. The first-order chi connectivity index (χ1) is 19.8. The average molecular weight is 580 g/mol. The molecule has 3 saturated heterocycles.